The quantitative estimate of drug-likeness (QED) is 0.817. The van der Waals surface area contributed by atoms with Crippen molar-refractivity contribution in [1.29, 1.82) is 0 Å². The molecule has 0 aromatic heterocycles. The van der Waals surface area contributed by atoms with Gasteiger partial charge in [-0.15, -0.1) is 0 Å². The van der Waals surface area contributed by atoms with E-state index in [-0.39, 0.29) is 18.6 Å². The van der Waals surface area contributed by atoms with E-state index >= 15 is 0 Å². The predicted octanol–water partition coefficient (Wildman–Crippen LogP) is 4.15. The standard InChI is InChI=1S/C19H18ClFO4/c1-23-16-7-10-6-12(22)9-14(13-8-11(20)4-5-15(13)21)17(10)19(25-3)18(16)24-2/h4-5,7-8,14H,6,9H2,1-3H3. The van der Waals surface area contributed by atoms with Gasteiger partial charge in [-0.05, 0) is 35.4 Å². The van der Waals surface area contributed by atoms with Crippen molar-refractivity contribution in [3.8, 4) is 17.2 Å². The van der Waals surface area contributed by atoms with Crippen molar-refractivity contribution in [2.75, 3.05) is 21.3 Å². The van der Waals surface area contributed by atoms with Crippen molar-refractivity contribution >= 4 is 17.4 Å². The molecule has 0 radical (unpaired) electrons. The zero-order valence-electron chi connectivity index (χ0n) is 14.2. The number of rotatable bonds is 4. The van der Waals surface area contributed by atoms with Gasteiger partial charge in [-0.2, -0.15) is 0 Å². The van der Waals surface area contributed by atoms with E-state index in [2.05, 4.69) is 0 Å². The second-order valence-corrected chi connectivity index (χ2v) is 6.29. The fraction of sp³-hybridized carbons (Fsp3) is 0.316. The molecule has 0 heterocycles. The average Bonchev–Trinajstić information content (AvgIpc) is 2.61. The molecule has 0 saturated carbocycles. The third kappa shape index (κ3) is 3.04. The SMILES string of the molecule is COc1cc2c(c(OC)c1OC)C(c1cc(Cl)ccc1F)CC(=O)C2. The maximum Gasteiger partial charge on any atom is 0.203 e. The summed E-state index contributed by atoms with van der Waals surface area (Å²) in [5, 5.41) is 0.412. The van der Waals surface area contributed by atoms with Gasteiger partial charge in [0.05, 0.1) is 21.3 Å². The Morgan fingerprint density at radius 2 is 1.80 bits per heavy atom. The number of fused-ring (bicyclic) bond motifs is 1. The first-order valence-electron chi connectivity index (χ1n) is 7.78. The first-order chi connectivity index (χ1) is 12.0. The van der Waals surface area contributed by atoms with E-state index in [1.807, 2.05) is 0 Å². The van der Waals surface area contributed by atoms with E-state index in [4.69, 9.17) is 25.8 Å². The van der Waals surface area contributed by atoms with Crippen LogP contribution in [0.4, 0.5) is 4.39 Å². The summed E-state index contributed by atoms with van der Waals surface area (Å²) in [6, 6.07) is 6.10. The monoisotopic (exact) mass is 364 g/mol. The van der Waals surface area contributed by atoms with Crippen LogP contribution in [0.3, 0.4) is 0 Å². The van der Waals surface area contributed by atoms with Crippen molar-refractivity contribution in [3.63, 3.8) is 0 Å². The molecule has 0 fully saturated rings. The minimum absolute atomic E-state index is 0.0196. The highest BCUT2D eigenvalue weighted by Crippen LogP contribution is 2.50. The summed E-state index contributed by atoms with van der Waals surface area (Å²) >= 11 is 6.05. The van der Waals surface area contributed by atoms with Gasteiger partial charge in [-0.3, -0.25) is 4.79 Å². The van der Waals surface area contributed by atoms with E-state index in [0.717, 1.165) is 11.1 Å². The molecule has 0 aliphatic heterocycles. The number of halogens is 2. The van der Waals surface area contributed by atoms with Crippen molar-refractivity contribution in [2.45, 2.75) is 18.8 Å². The highest BCUT2D eigenvalue weighted by Gasteiger charge is 2.34. The van der Waals surface area contributed by atoms with Crippen LogP contribution in [0.15, 0.2) is 24.3 Å². The van der Waals surface area contributed by atoms with Crippen LogP contribution in [0.5, 0.6) is 17.2 Å². The highest BCUT2D eigenvalue weighted by molar-refractivity contribution is 6.30. The molecule has 4 nitrogen and oxygen atoms in total. The zero-order chi connectivity index (χ0) is 18.1. The molecule has 0 N–H and O–H groups in total. The maximum absolute atomic E-state index is 14.5. The molecule has 1 atom stereocenters. The number of hydrogen-bond donors (Lipinski definition) is 0. The van der Waals surface area contributed by atoms with Crippen LogP contribution in [-0.2, 0) is 11.2 Å². The molecule has 25 heavy (non-hydrogen) atoms. The Morgan fingerprint density at radius 3 is 2.44 bits per heavy atom. The van der Waals surface area contributed by atoms with Gasteiger partial charge in [-0.1, -0.05) is 11.6 Å². The Morgan fingerprint density at radius 1 is 1.08 bits per heavy atom. The third-order valence-corrected chi connectivity index (χ3v) is 4.69. The Hall–Kier alpha value is -2.27. The van der Waals surface area contributed by atoms with Gasteiger partial charge in [0.15, 0.2) is 11.5 Å². The number of Topliss-reactive ketones (excluding diaryl/α,β-unsaturated/α-hetero) is 1. The molecular formula is C19H18ClFO4. The van der Waals surface area contributed by atoms with Gasteiger partial charge < -0.3 is 14.2 Å². The minimum Gasteiger partial charge on any atom is -0.493 e. The molecule has 3 rings (SSSR count). The first kappa shape index (κ1) is 17.5. The molecule has 2 aromatic carbocycles. The lowest BCUT2D eigenvalue weighted by Gasteiger charge is -2.29. The molecule has 132 valence electrons. The number of methoxy groups -OCH3 is 3. The molecule has 1 unspecified atom stereocenters. The fourth-order valence-corrected chi connectivity index (χ4v) is 3.60. The van der Waals surface area contributed by atoms with Gasteiger partial charge in [-0.25, -0.2) is 4.39 Å². The molecule has 0 bridgehead atoms. The summed E-state index contributed by atoms with van der Waals surface area (Å²) in [4.78, 5) is 12.3. The number of carbonyl (C=O) groups excluding carboxylic acids is 1. The summed E-state index contributed by atoms with van der Waals surface area (Å²) in [6.45, 7) is 0. The lowest BCUT2D eigenvalue weighted by atomic mass is 9.77. The lowest BCUT2D eigenvalue weighted by molar-refractivity contribution is -0.119. The van der Waals surface area contributed by atoms with E-state index in [1.54, 1.807) is 12.1 Å². The second kappa shape index (κ2) is 6.92. The summed E-state index contributed by atoms with van der Waals surface area (Å²) < 4.78 is 30.8. The number of carbonyl (C=O) groups is 1. The molecule has 2 aromatic rings. The Labute approximate surface area is 150 Å². The van der Waals surface area contributed by atoms with Crippen molar-refractivity contribution in [2.24, 2.45) is 0 Å². The maximum atomic E-state index is 14.5. The normalized spacial score (nSPS) is 16.4. The number of ketones is 1. The second-order valence-electron chi connectivity index (χ2n) is 5.86. The van der Waals surface area contributed by atoms with Crippen LogP contribution in [0.25, 0.3) is 0 Å². The van der Waals surface area contributed by atoms with Crippen LogP contribution in [0.1, 0.15) is 29.0 Å². The largest absolute Gasteiger partial charge is 0.493 e. The fourth-order valence-electron chi connectivity index (χ4n) is 3.42. The highest BCUT2D eigenvalue weighted by atomic mass is 35.5. The van der Waals surface area contributed by atoms with Crippen LogP contribution in [0.2, 0.25) is 5.02 Å². The van der Waals surface area contributed by atoms with Gasteiger partial charge in [0.2, 0.25) is 5.75 Å². The third-order valence-electron chi connectivity index (χ3n) is 4.46. The summed E-state index contributed by atoms with van der Waals surface area (Å²) in [5.41, 5.74) is 1.85. The Kier molecular flexibility index (Phi) is 4.86. The van der Waals surface area contributed by atoms with Gasteiger partial charge in [0, 0.05) is 29.3 Å². The minimum atomic E-state index is -0.496. The molecular weight excluding hydrogens is 347 g/mol. The summed E-state index contributed by atoms with van der Waals surface area (Å²) in [6.07, 6.45) is 0.417. The smallest absolute Gasteiger partial charge is 0.203 e. The topological polar surface area (TPSA) is 44.8 Å². The van der Waals surface area contributed by atoms with Crippen LogP contribution < -0.4 is 14.2 Å². The van der Waals surface area contributed by atoms with Crippen molar-refractivity contribution in [3.05, 3.63) is 51.8 Å². The molecule has 6 heteroatoms. The molecule has 1 aliphatic rings. The van der Waals surface area contributed by atoms with E-state index in [1.165, 1.54) is 33.5 Å². The Balaban J connectivity index is 2.29. The van der Waals surface area contributed by atoms with Gasteiger partial charge in [0.1, 0.15) is 11.6 Å². The van der Waals surface area contributed by atoms with Crippen molar-refractivity contribution < 1.29 is 23.4 Å². The van der Waals surface area contributed by atoms with Crippen LogP contribution >= 0.6 is 11.6 Å². The Bertz CT molecular complexity index is 835. The summed E-state index contributed by atoms with van der Waals surface area (Å²) in [5.74, 6) is 0.458. The van der Waals surface area contributed by atoms with E-state index in [0.29, 0.717) is 27.8 Å². The molecule has 0 saturated heterocycles. The van der Waals surface area contributed by atoms with E-state index in [9.17, 15) is 9.18 Å². The molecule has 0 spiro atoms. The number of ether oxygens (including phenoxy) is 3. The van der Waals surface area contributed by atoms with Crippen LogP contribution in [-0.4, -0.2) is 27.1 Å². The van der Waals surface area contributed by atoms with Crippen LogP contribution in [0, 0.1) is 5.82 Å². The lowest BCUT2D eigenvalue weighted by Crippen LogP contribution is -2.21. The first-order valence-corrected chi connectivity index (χ1v) is 8.16. The molecule has 1 aliphatic carbocycles. The van der Waals surface area contributed by atoms with Gasteiger partial charge in [0.25, 0.3) is 0 Å². The zero-order valence-corrected chi connectivity index (χ0v) is 14.9. The van der Waals surface area contributed by atoms with Gasteiger partial charge >= 0.3 is 0 Å². The summed E-state index contributed by atoms with van der Waals surface area (Å²) in [7, 11) is 4.54. The molecule has 0 amide bonds. The van der Waals surface area contributed by atoms with E-state index < -0.39 is 11.7 Å². The average molecular weight is 365 g/mol. The predicted molar refractivity (Wildman–Crippen MR) is 92.7 cm³/mol. The number of benzene rings is 2. The van der Waals surface area contributed by atoms with Crippen molar-refractivity contribution in [1.82, 2.24) is 0 Å². The number of hydrogen-bond acceptors (Lipinski definition) is 4.